The van der Waals surface area contributed by atoms with Crippen molar-refractivity contribution in [2.75, 3.05) is 13.1 Å². The van der Waals surface area contributed by atoms with Gasteiger partial charge in [0.05, 0.1) is 11.5 Å². The van der Waals surface area contributed by atoms with E-state index in [0.717, 1.165) is 18.7 Å². The Kier molecular flexibility index (Phi) is 8.44. The van der Waals surface area contributed by atoms with Crippen molar-refractivity contribution in [1.82, 2.24) is 4.90 Å². The highest BCUT2D eigenvalue weighted by molar-refractivity contribution is 5.79. The summed E-state index contributed by atoms with van der Waals surface area (Å²) in [5.74, 6) is -2.68. The van der Waals surface area contributed by atoms with Crippen LogP contribution in [0.25, 0.3) is 11.1 Å². The molecule has 0 bridgehead atoms. The van der Waals surface area contributed by atoms with Crippen LogP contribution in [0.5, 0.6) is 0 Å². The molecular weight excluding hydrogens is 463 g/mol. The van der Waals surface area contributed by atoms with Crippen LogP contribution >= 0.6 is 0 Å². The van der Waals surface area contributed by atoms with Crippen LogP contribution in [0.2, 0.25) is 0 Å². The van der Waals surface area contributed by atoms with Crippen LogP contribution in [0.3, 0.4) is 0 Å². The summed E-state index contributed by atoms with van der Waals surface area (Å²) in [7, 11) is 0. The molecule has 4 rings (SSSR count). The van der Waals surface area contributed by atoms with Gasteiger partial charge in [0.15, 0.2) is 0 Å². The number of hydrogen-bond donors (Lipinski definition) is 1. The lowest BCUT2D eigenvalue weighted by Gasteiger charge is -2.40. The van der Waals surface area contributed by atoms with Crippen LogP contribution in [0.1, 0.15) is 93.7 Å². The number of alkyl halides is 3. The first-order valence-corrected chi connectivity index (χ1v) is 13.4. The highest BCUT2D eigenvalue weighted by Gasteiger charge is 2.42. The number of halogens is 3. The molecule has 2 fully saturated rings. The monoisotopic (exact) mass is 501 g/mol. The standard InChI is InChI=1S/C30H38F3NO2/c1-20(2)17-27(29(35)36)26-19-23(21-9-5-3-6-10-21)18-25(28(26)30(31,32)33)22-13-15-34(16-14-22)24-11-7-4-8-12-24/h3,5-6,9-10,18-20,22,24,27H,4,7-8,11-17H2,1-2H3,(H,35,36). The predicted molar refractivity (Wildman–Crippen MR) is 137 cm³/mol. The molecule has 36 heavy (non-hydrogen) atoms. The highest BCUT2D eigenvalue weighted by Crippen LogP contribution is 2.46. The third kappa shape index (κ3) is 6.13. The van der Waals surface area contributed by atoms with Crippen molar-refractivity contribution in [1.29, 1.82) is 0 Å². The van der Waals surface area contributed by atoms with E-state index in [2.05, 4.69) is 4.90 Å². The summed E-state index contributed by atoms with van der Waals surface area (Å²) in [5.41, 5.74) is 0.943. The number of benzene rings is 2. The van der Waals surface area contributed by atoms with Crippen LogP contribution in [0.4, 0.5) is 13.2 Å². The molecule has 1 unspecified atom stereocenters. The average Bonchev–Trinajstić information content (AvgIpc) is 2.87. The molecule has 2 aliphatic rings. The van der Waals surface area contributed by atoms with E-state index in [-0.39, 0.29) is 29.4 Å². The number of nitrogens with zero attached hydrogens (tertiary/aromatic N) is 1. The van der Waals surface area contributed by atoms with Crippen LogP contribution in [-0.4, -0.2) is 35.1 Å². The molecule has 1 saturated heterocycles. The van der Waals surface area contributed by atoms with Gasteiger partial charge in [-0.1, -0.05) is 69.5 Å². The maximum absolute atomic E-state index is 14.7. The molecule has 2 aromatic rings. The summed E-state index contributed by atoms with van der Waals surface area (Å²) in [5, 5.41) is 10.0. The van der Waals surface area contributed by atoms with Crippen LogP contribution in [-0.2, 0) is 11.0 Å². The number of carboxylic acid groups (broad SMARTS) is 1. The predicted octanol–water partition coefficient (Wildman–Crippen LogP) is 8.10. The summed E-state index contributed by atoms with van der Waals surface area (Å²) < 4.78 is 44.2. The molecule has 196 valence electrons. The Morgan fingerprint density at radius 2 is 1.61 bits per heavy atom. The summed E-state index contributed by atoms with van der Waals surface area (Å²) in [4.78, 5) is 14.8. The van der Waals surface area contributed by atoms with Gasteiger partial charge < -0.3 is 10.0 Å². The normalized spacial score (nSPS) is 19.5. The highest BCUT2D eigenvalue weighted by atomic mass is 19.4. The number of aliphatic carboxylic acids is 1. The van der Waals surface area contributed by atoms with Crippen molar-refractivity contribution in [2.24, 2.45) is 5.92 Å². The molecule has 0 radical (unpaired) electrons. The van der Waals surface area contributed by atoms with E-state index in [1.807, 2.05) is 44.2 Å². The molecule has 1 saturated carbocycles. The van der Waals surface area contributed by atoms with Crippen molar-refractivity contribution in [2.45, 2.75) is 89.3 Å². The molecule has 0 amide bonds. The summed E-state index contributed by atoms with van der Waals surface area (Å²) in [6.45, 7) is 5.30. The summed E-state index contributed by atoms with van der Waals surface area (Å²) in [6.07, 6.45) is 2.98. The maximum Gasteiger partial charge on any atom is 0.416 e. The molecule has 1 aliphatic carbocycles. The first-order valence-electron chi connectivity index (χ1n) is 13.4. The van der Waals surface area contributed by atoms with Gasteiger partial charge in [-0.25, -0.2) is 0 Å². The Morgan fingerprint density at radius 3 is 2.17 bits per heavy atom. The fourth-order valence-corrected chi connectivity index (χ4v) is 6.26. The van der Waals surface area contributed by atoms with Gasteiger partial charge in [0.2, 0.25) is 0 Å². The van der Waals surface area contributed by atoms with Crippen molar-refractivity contribution in [3.8, 4) is 11.1 Å². The smallest absolute Gasteiger partial charge is 0.416 e. The maximum atomic E-state index is 14.7. The van der Waals surface area contributed by atoms with Crippen molar-refractivity contribution < 1.29 is 23.1 Å². The van der Waals surface area contributed by atoms with Crippen LogP contribution < -0.4 is 0 Å². The lowest BCUT2D eigenvalue weighted by Crippen LogP contribution is -2.42. The fourth-order valence-electron chi connectivity index (χ4n) is 6.26. The minimum atomic E-state index is -4.62. The molecule has 1 heterocycles. The topological polar surface area (TPSA) is 40.5 Å². The second kappa shape index (κ2) is 11.4. The van der Waals surface area contributed by atoms with Gasteiger partial charge in [0.1, 0.15) is 0 Å². The quantitative estimate of drug-likeness (QED) is 0.417. The van der Waals surface area contributed by atoms with Gasteiger partial charge in [-0.05, 0) is 85.3 Å². The SMILES string of the molecule is CC(C)CC(C(=O)O)c1cc(-c2ccccc2)cc(C2CCN(C3CCCCC3)CC2)c1C(F)(F)F. The first kappa shape index (κ1) is 26.7. The zero-order valence-electron chi connectivity index (χ0n) is 21.4. The van der Waals surface area contributed by atoms with E-state index in [1.54, 1.807) is 6.07 Å². The Morgan fingerprint density at radius 1 is 0.972 bits per heavy atom. The lowest BCUT2D eigenvalue weighted by atomic mass is 9.78. The van der Waals surface area contributed by atoms with Gasteiger partial charge in [0, 0.05) is 6.04 Å². The molecule has 1 atom stereocenters. The van der Waals surface area contributed by atoms with Crippen molar-refractivity contribution in [3.05, 3.63) is 59.2 Å². The summed E-state index contributed by atoms with van der Waals surface area (Å²) >= 11 is 0. The van der Waals surface area contributed by atoms with E-state index < -0.39 is 23.6 Å². The molecule has 1 N–H and O–H groups in total. The van der Waals surface area contributed by atoms with Gasteiger partial charge >= 0.3 is 12.1 Å². The lowest BCUT2D eigenvalue weighted by molar-refractivity contribution is -0.142. The molecule has 0 spiro atoms. The minimum Gasteiger partial charge on any atom is -0.481 e. The second-order valence-electron chi connectivity index (χ2n) is 11.0. The zero-order valence-corrected chi connectivity index (χ0v) is 21.4. The number of piperidine rings is 1. The number of carboxylic acids is 1. The van der Waals surface area contributed by atoms with E-state index in [9.17, 15) is 23.1 Å². The average molecular weight is 502 g/mol. The zero-order chi connectivity index (χ0) is 25.9. The molecule has 3 nitrogen and oxygen atoms in total. The third-order valence-corrected chi connectivity index (χ3v) is 8.03. The second-order valence-corrected chi connectivity index (χ2v) is 11.0. The Hall–Kier alpha value is -2.34. The van der Waals surface area contributed by atoms with E-state index in [0.29, 0.717) is 24.4 Å². The molecule has 1 aliphatic heterocycles. The minimum absolute atomic E-state index is 0.0465. The van der Waals surface area contributed by atoms with Gasteiger partial charge in [-0.15, -0.1) is 0 Å². The van der Waals surface area contributed by atoms with Gasteiger partial charge in [-0.2, -0.15) is 13.2 Å². The van der Waals surface area contributed by atoms with Crippen LogP contribution in [0.15, 0.2) is 42.5 Å². The molecule has 6 heteroatoms. The Labute approximate surface area is 212 Å². The van der Waals surface area contributed by atoms with Gasteiger partial charge in [-0.3, -0.25) is 4.79 Å². The summed E-state index contributed by atoms with van der Waals surface area (Å²) in [6, 6.07) is 13.1. The Bertz CT molecular complexity index is 1020. The third-order valence-electron chi connectivity index (χ3n) is 8.03. The number of rotatable bonds is 7. The number of carbonyl (C=O) groups is 1. The largest absolute Gasteiger partial charge is 0.481 e. The van der Waals surface area contributed by atoms with Crippen molar-refractivity contribution in [3.63, 3.8) is 0 Å². The molecular formula is C30H38F3NO2. The van der Waals surface area contributed by atoms with Crippen molar-refractivity contribution >= 4 is 5.97 Å². The first-order chi connectivity index (χ1) is 17.1. The number of likely N-dealkylation sites (tertiary alicyclic amines) is 1. The number of hydrogen-bond acceptors (Lipinski definition) is 2. The van der Waals surface area contributed by atoms with E-state index in [4.69, 9.17) is 0 Å². The molecule has 2 aromatic carbocycles. The van der Waals surface area contributed by atoms with Gasteiger partial charge in [0.25, 0.3) is 0 Å². The molecule has 0 aromatic heterocycles. The van der Waals surface area contributed by atoms with Crippen LogP contribution in [0, 0.1) is 5.92 Å². The van der Waals surface area contributed by atoms with E-state index >= 15 is 0 Å². The van der Waals surface area contributed by atoms with E-state index in [1.165, 1.54) is 38.2 Å². The fraction of sp³-hybridized carbons (Fsp3) is 0.567. The Balaban J connectivity index is 1.78.